The molecule has 0 bridgehead atoms. The number of nitriles is 1. The molecule has 0 unspecified atom stereocenters. The Kier molecular flexibility index (Phi) is 4.35. The molecule has 4 nitrogen and oxygen atoms in total. The zero-order valence-corrected chi connectivity index (χ0v) is 13.4. The fourth-order valence-electron chi connectivity index (χ4n) is 3.03. The highest BCUT2D eigenvalue weighted by Gasteiger charge is 2.22. The van der Waals surface area contributed by atoms with Crippen LogP contribution in [0.2, 0.25) is 5.02 Å². The largest absolute Gasteiger partial charge is 0.371 e. The van der Waals surface area contributed by atoms with Crippen molar-refractivity contribution in [3.05, 3.63) is 46.7 Å². The Morgan fingerprint density at radius 2 is 2.14 bits per heavy atom. The highest BCUT2D eigenvalue weighted by Crippen LogP contribution is 2.31. The summed E-state index contributed by atoms with van der Waals surface area (Å²) in [6.45, 7) is 5.03. The van der Waals surface area contributed by atoms with Gasteiger partial charge < -0.3 is 4.90 Å². The number of hydrogen-bond acceptors (Lipinski definition) is 3. The van der Waals surface area contributed by atoms with E-state index < -0.39 is 0 Å². The Bertz CT molecular complexity index is 693. The van der Waals surface area contributed by atoms with Crippen molar-refractivity contribution >= 4 is 17.3 Å². The van der Waals surface area contributed by atoms with Crippen LogP contribution in [0.15, 0.2) is 30.6 Å². The number of halogens is 1. The van der Waals surface area contributed by atoms with Crippen molar-refractivity contribution < 1.29 is 0 Å². The van der Waals surface area contributed by atoms with E-state index in [4.69, 9.17) is 16.9 Å². The summed E-state index contributed by atoms with van der Waals surface area (Å²) in [6.07, 6.45) is 6.40. The lowest BCUT2D eigenvalue weighted by Crippen LogP contribution is -2.32. The molecule has 22 heavy (non-hydrogen) atoms. The van der Waals surface area contributed by atoms with Gasteiger partial charge >= 0.3 is 0 Å². The minimum absolute atomic E-state index is 0.534. The molecule has 1 aromatic heterocycles. The highest BCUT2D eigenvalue weighted by molar-refractivity contribution is 6.32. The van der Waals surface area contributed by atoms with Crippen LogP contribution in [0.1, 0.15) is 36.8 Å². The second-order valence-electron chi connectivity index (χ2n) is 5.67. The van der Waals surface area contributed by atoms with E-state index in [0.717, 1.165) is 38.2 Å². The molecule has 0 N–H and O–H groups in total. The van der Waals surface area contributed by atoms with Crippen molar-refractivity contribution in [3.8, 4) is 6.07 Å². The molecule has 5 heteroatoms. The molecule has 1 aromatic carbocycles. The second-order valence-corrected chi connectivity index (χ2v) is 6.07. The van der Waals surface area contributed by atoms with Gasteiger partial charge in [0.1, 0.15) is 6.07 Å². The molecule has 0 radical (unpaired) electrons. The van der Waals surface area contributed by atoms with E-state index in [1.807, 2.05) is 23.0 Å². The average molecular weight is 315 g/mol. The number of piperidine rings is 1. The van der Waals surface area contributed by atoms with Crippen LogP contribution in [0.4, 0.5) is 5.69 Å². The minimum Gasteiger partial charge on any atom is -0.371 e. The van der Waals surface area contributed by atoms with Crippen LogP contribution in [-0.2, 0) is 6.54 Å². The van der Waals surface area contributed by atoms with E-state index >= 15 is 0 Å². The van der Waals surface area contributed by atoms with Gasteiger partial charge in [0.2, 0.25) is 0 Å². The highest BCUT2D eigenvalue weighted by atomic mass is 35.5. The fourth-order valence-corrected chi connectivity index (χ4v) is 3.24. The molecule has 1 saturated heterocycles. The first-order chi connectivity index (χ1) is 10.7. The summed E-state index contributed by atoms with van der Waals surface area (Å²) in [4.78, 5) is 2.34. The van der Waals surface area contributed by atoms with Gasteiger partial charge in [0.15, 0.2) is 0 Å². The number of benzene rings is 1. The third kappa shape index (κ3) is 2.95. The van der Waals surface area contributed by atoms with Gasteiger partial charge in [0.05, 0.1) is 16.8 Å². The van der Waals surface area contributed by atoms with Crippen LogP contribution in [0, 0.1) is 11.3 Å². The van der Waals surface area contributed by atoms with Crippen molar-refractivity contribution in [2.24, 2.45) is 0 Å². The fraction of sp³-hybridized carbons (Fsp3) is 0.412. The maximum absolute atomic E-state index is 8.95. The molecule has 2 heterocycles. The van der Waals surface area contributed by atoms with E-state index in [1.165, 1.54) is 5.56 Å². The first-order valence-electron chi connectivity index (χ1n) is 7.68. The van der Waals surface area contributed by atoms with E-state index in [0.29, 0.717) is 16.5 Å². The van der Waals surface area contributed by atoms with Crippen LogP contribution in [0.5, 0.6) is 0 Å². The third-order valence-electron chi connectivity index (χ3n) is 4.38. The monoisotopic (exact) mass is 314 g/mol. The predicted octanol–water partition coefficient (Wildman–Crippen LogP) is 3.81. The molecule has 114 valence electrons. The minimum atomic E-state index is 0.534. The van der Waals surface area contributed by atoms with Crippen molar-refractivity contribution in [2.45, 2.75) is 32.2 Å². The molecule has 0 atom stereocenters. The number of aryl methyl sites for hydroxylation is 1. The first-order valence-corrected chi connectivity index (χ1v) is 8.06. The molecule has 1 aliphatic heterocycles. The van der Waals surface area contributed by atoms with Crippen LogP contribution < -0.4 is 4.90 Å². The smallest absolute Gasteiger partial charge is 0.101 e. The van der Waals surface area contributed by atoms with Gasteiger partial charge in [-0.15, -0.1) is 0 Å². The van der Waals surface area contributed by atoms with E-state index in [-0.39, 0.29) is 0 Å². The van der Waals surface area contributed by atoms with E-state index in [2.05, 4.69) is 29.2 Å². The Hall–Kier alpha value is -1.99. The number of rotatable bonds is 3. The van der Waals surface area contributed by atoms with Crippen molar-refractivity contribution in [2.75, 3.05) is 18.0 Å². The molecule has 2 aromatic rings. The Balaban J connectivity index is 1.66. The molecular formula is C17H19ClN4. The molecule has 1 fully saturated rings. The molecule has 0 amide bonds. The summed E-state index contributed by atoms with van der Waals surface area (Å²) >= 11 is 6.13. The van der Waals surface area contributed by atoms with Gasteiger partial charge in [-0.05, 0) is 49.4 Å². The number of aromatic nitrogens is 2. The lowest BCUT2D eigenvalue weighted by molar-refractivity contribution is 0.505. The number of anilines is 1. The van der Waals surface area contributed by atoms with Gasteiger partial charge in [-0.2, -0.15) is 10.4 Å². The Labute approximate surface area is 135 Å². The van der Waals surface area contributed by atoms with Crippen LogP contribution in [-0.4, -0.2) is 22.9 Å². The Morgan fingerprint density at radius 3 is 2.73 bits per heavy atom. The summed E-state index contributed by atoms with van der Waals surface area (Å²) in [5.74, 6) is 0.588. The lowest BCUT2D eigenvalue weighted by atomic mass is 9.91. The summed E-state index contributed by atoms with van der Waals surface area (Å²) < 4.78 is 1.99. The van der Waals surface area contributed by atoms with Gasteiger partial charge in [0, 0.05) is 31.5 Å². The van der Waals surface area contributed by atoms with Gasteiger partial charge in [-0.1, -0.05) is 11.6 Å². The third-order valence-corrected chi connectivity index (χ3v) is 4.69. The quantitative estimate of drug-likeness (QED) is 0.865. The van der Waals surface area contributed by atoms with Gasteiger partial charge in [0.25, 0.3) is 0 Å². The van der Waals surface area contributed by atoms with Gasteiger partial charge in [-0.3, -0.25) is 4.68 Å². The van der Waals surface area contributed by atoms with Crippen molar-refractivity contribution in [1.29, 1.82) is 5.26 Å². The molecular weight excluding hydrogens is 296 g/mol. The van der Waals surface area contributed by atoms with Crippen LogP contribution in [0.25, 0.3) is 0 Å². The zero-order chi connectivity index (χ0) is 15.5. The van der Waals surface area contributed by atoms with E-state index in [1.54, 1.807) is 6.07 Å². The SMILES string of the molecule is CCn1cc(C2CCN(c3ccc(C#N)c(Cl)c3)CC2)cn1. The van der Waals surface area contributed by atoms with Crippen molar-refractivity contribution in [3.63, 3.8) is 0 Å². The molecule has 0 aliphatic carbocycles. The summed E-state index contributed by atoms with van der Waals surface area (Å²) in [5, 5.41) is 13.9. The number of hydrogen-bond donors (Lipinski definition) is 0. The molecule has 0 spiro atoms. The maximum atomic E-state index is 8.95. The zero-order valence-electron chi connectivity index (χ0n) is 12.7. The second kappa shape index (κ2) is 6.41. The average Bonchev–Trinajstić information content (AvgIpc) is 3.04. The van der Waals surface area contributed by atoms with E-state index in [9.17, 15) is 0 Å². The predicted molar refractivity (Wildman–Crippen MR) is 88.3 cm³/mol. The molecule has 3 rings (SSSR count). The Morgan fingerprint density at radius 1 is 1.36 bits per heavy atom. The summed E-state index contributed by atoms with van der Waals surface area (Å²) in [7, 11) is 0. The first kappa shape index (κ1) is 14.9. The van der Waals surface area contributed by atoms with Gasteiger partial charge in [-0.25, -0.2) is 0 Å². The maximum Gasteiger partial charge on any atom is 0.101 e. The summed E-state index contributed by atoms with van der Waals surface area (Å²) in [5.41, 5.74) is 2.98. The topological polar surface area (TPSA) is 44.9 Å². The molecule has 1 aliphatic rings. The van der Waals surface area contributed by atoms with Crippen LogP contribution in [0.3, 0.4) is 0 Å². The van der Waals surface area contributed by atoms with Crippen molar-refractivity contribution in [1.82, 2.24) is 9.78 Å². The summed E-state index contributed by atoms with van der Waals surface area (Å²) in [6, 6.07) is 7.79. The normalized spacial score (nSPS) is 15.8. The van der Waals surface area contributed by atoms with Crippen LogP contribution >= 0.6 is 11.6 Å². The lowest BCUT2D eigenvalue weighted by Gasteiger charge is -2.33. The number of nitrogens with zero attached hydrogens (tertiary/aromatic N) is 4. The standard InChI is InChI=1S/C17H19ClN4/c1-2-22-12-15(11-20-22)13-5-7-21(8-6-13)16-4-3-14(10-19)17(18)9-16/h3-4,9,11-13H,2,5-8H2,1H3. The molecule has 0 saturated carbocycles.